The van der Waals surface area contributed by atoms with E-state index in [1.807, 2.05) is 6.07 Å². The van der Waals surface area contributed by atoms with Crippen LogP contribution in [0.1, 0.15) is 42.7 Å². The minimum Gasteiger partial charge on any atom is -0.362 e. The highest BCUT2D eigenvalue weighted by Crippen LogP contribution is 2.52. The van der Waals surface area contributed by atoms with E-state index in [1.54, 1.807) is 12.1 Å². The number of benzene rings is 1. The molecule has 0 heterocycles. The maximum atomic E-state index is 12.0. The number of carbonyl (C=O) groups is 1. The van der Waals surface area contributed by atoms with Gasteiger partial charge in [-0.1, -0.05) is 17.7 Å². The molecular formula is C17H18O5S. The van der Waals surface area contributed by atoms with Gasteiger partial charge in [-0.2, -0.15) is 8.42 Å². The van der Waals surface area contributed by atoms with Gasteiger partial charge in [0.2, 0.25) is 0 Å². The first-order chi connectivity index (χ1) is 10.9. The molecule has 0 radical (unpaired) electrons. The molecule has 3 atom stereocenters. The second-order valence-corrected chi connectivity index (χ2v) is 7.65. The number of fused-ring (bicyclic) bond motifs is 5. The highest BCUT2D eigenvalue weighted by molar-refractivity contribution is 7.81. The summed E-state index contributed by atoms with van der Waals surface area (Å²) in [4.78, 5) is 12.0. The topological polar surface area (TPSA) is 80.7 Å². The van der Waals surface area contributed by atoms with Crippen LogP contribution in [0.25, 0.3) is 0 Å². The van der Waals surface area contributed by atoms with Crippen LogP contribution in [0.5, 0.6) is 5.75 Å². The molecule has 3 aliphatic rings. The molecule has 0 aromatic heterocycles. The number of rotatable bonds is 2. The SMILES string of the molecule is O=C1CC[C@H]2C3=CCc4cc(OS(=O)(=O)O)ccc4[C@H]3CC[C@H]12. The van der Waals surface area contributed by atoms with Gasteiger partial charge in [-0.3, -0.25) is 9.35 Å². The molecule has 4 rings (SSSR count). The number of allylic oxidation sites excluding steroid dienone is 2. The molecule has 2 fully saturated rings. The predicted octanol–water partition coefficient (Wildman–Crippen LogP) is 2.82. The zero-order chi connectivity index (χ0) is 16.2. The summed E-state index contributed by atoms with van der Waals surface area (Å²) in [5.74, 6) is 1.47. The molecule has 3 aliphatic carbocycles. The second-order valence-electron chi connectivity index (χ2n) is 6.63. The van der Waals surface area contributed by atoms with Crippen molar-refractivity contribution in [2.45, 2.75) is 38.0 Å². The average Bonchev–Trinajstić information content (AvgIpc) is 2.86. The third-order valence-corrected chi connectivity index (χ3v) is 5.85. The fourth-order valence-electron chi connectivity index (χ4n) is 4.57. The van der Waals surface area contributed by atoms with E-state index in [2.05, 4.69) is 10.3 Å². The molecule has 1 N–H and O–H groups in total. The molecule has 0 saturated heterocycles. The van der Waals surface area contributed by atoms with Gasteiger partial charge in [0, 0.05) is 18.3 Å². The highest BCUT2D eigenvalue weighted by atomic mass is 32.3. The molecule has 0 bridgehead atoms. The van der Waals surface area contributed by atoms with Crippen LogP contribution in [0.15, 0.2) is 29.8 Å². The monoisotopic (exact) mass is 334 g/mol. The van der Waals surface area contributed by atoms with Crippen molar-refractivity contribution in [3.05, 3.63) is 41.0 Å². The Morgan fingerprint density at radius 3 is 2.74 bits per heavy atom. The summed E-state index contributed by atoms with van der Waals surface area (Å²) in [6.45, 7) is 0. The molecule has 5 nitrogen and oxygen atoms in total. The summed E-state index contributed by atoms with van der Waals surface area (Å²) in [5, 5.41) is 0. The van der Waals surface area contributed by atoms with Crippen molar-refractivity contribution < 1.29 is 21.9 Å². The van der Waals surface area contributed by atoms with E-state index < -0.39 is 10.4 Å². The first kappa shape index (κ1) is 14.9. The summed E-state index contributed by atoms with van der Waals surface area (Å²) in [5.41, 5.74) is 3.62. The van der Waals surface area contributed by atoms with Crippen LogP contribution < -0.4 is 4.18 Å². The van der Waals surface area contributed by atoms with Gasteiger partial charge in [0.05, 0.1) is 0 Å². The van der Waals surface area contributed by atoms with Crippen LogP contribution in [-0.2, 0) is 21.6 Å². The van der Waals surface area contributed by atoms with E-state index in [-0.39, 0.29) is 11.7 Å². The van der Waals surface area contributed by atoms with Crippen molar-refractivity contribution in [2.75, 3.05) is 0 Å². The second kappa shape index (κ2) is 5.18. The van der Waals surface area contributed by atoms with Crippen LogP contribution in [-0.4, -0.2) is 18.8 Å². The predicted molar refractivity (Wildman–Crippen MR) is 83.6 cm³/mol. The molecule has 23 heavy (non-hydrogen) atoms. The number of carbonyl (C=O) groups excluding carboxylic acids is 1. The Balaban J connectivity index is 1.66. The van der Waals surface area contributed by atoms with Crippen LogP contribution in [0.3, 0.4) is 0 Å². The molecule has 1 aromatic carbocycles. The van der Waals surface area contributed by atoms with E-state index in [0.29, 0.717) is 30.5 Å². The van der Waals surface area contributed by atoms with Crippen LogP contribution in [0, 0.1) is 11.8 Å². The van der Waals surface area contributed by atoms with E-state index in [0.717, 1.165) is 24.8 Å². The Labute approximate surface area is 135 Å². The van der Waals surface area contributed by atoms with E-state index in [4.69, 9.17) is 4.55 Å². The zero-order valence-electron chi connectivity index (χ0n) is 12.6. The fraction of sp³-hybridized carbons (Fsp3) is 0.471. The van der Waals surface area contributed by atoms with Crippen LogP contribution in [0.2, 0.25) is 0 Å². The number of hydrogen-bond acceptors (Lipinski definition) is 4. The standard InChI is InChI=1S/C17H18O5S/c18-17-8-7-15-14-3-1-10-9-11(22-23(19,20)21)2-4-12(10)13(14)5-6-16(15)17/h2-4,9,13,15-16H,1,5-8H2,(H,19,20,21)/t13-,15+,16+/m1/s1. The molecule has 0 amide bonds. The lowest BCUT2D eigenvalue weighted by Gasteiger charge is -2.38. The van der Waals surface area contributed by atoms with Gasteiger partial charge >= 0.3 is 10.4 Å². The number of ketones is 1. The molecule has 1 aromatic rings. The number of hydrogen-bond donors (Lipinski definition) is 1. The third-order valence-electron chi connectivity index (χ3n) is 5.45. The minimum absolute atomic E-state index is 0.132. The lowest BCUT2D eigenvalue weighted by Crippen LogP contribution is -2.28. The molecule has 0 spiro atoms. The minimum atomic E-state index is -4.50. The maximum Gasteiger partial charge on any atom is 0.446 e. The molecule has 0 aliphatic heterocycles. The Morgan fingerprint density at radius 2 is 1.96 bits per heavy atom. The first-order valence-corrected chi connectivity index (χ1v) is 9.31. The summed E-state index contributed by atoms with van der Waals surface area (Å²) in [6.07, 6.45) is 6.48. The van der Waals surface area contributed by atoms with Crippen molar-refractivity contribution in [1.82, 2.24) is 0 Å². The van der Waals surface area contributed by atoms with Crippen molar-refractivity contribution in [3.63, 3.8) is 0 Å². The zero-order valence-corrected chi connectivity index (χ0v) is 13.4. The normalized spacial score (nSPS) is 29.3. The summed E-state index contributed by atoms with van der Waals surface area (Å²) >= 11 is 0. The van der Waals surface area contributed by atoms with E-state index in [9.17, 15) is 13.2 Å². The third kappa shape index (κ3) is 2.60. The van der Waals surface area contributed by atoms with E-state index in [1.165, 1.54) is 11.1 Å². The first-order valence-electron chi connectivity index (χ1n) is 7.95. The van der Waals surface area contributed by atoms with Gasteiger partial charge in [0.25, 0.3) is 0 Å². The lowest BCUT2D eigenvalue weighted by molar-refractivity contribution is -0.121. The van der Waals surface area contributed by atoms with Crippen molar-refractivity contribution in [3.8, 4) is 5.75 Å². The van der Waals surface area contributed by atoms with Crippen molar-refractivity contribution >= 4 is 16.2 Å². The molecule has 0 unspecified atom stereocenters. The van der Waals surface area contributed by atoms with Gasteiger partial charge in [0.1, 0.15) is 11.5 Å². The van der Waals surface area contributed by atoms with Crippen molar-refractivity contribution in [1.29, 1.82) is 0 Å². The van der Waals surface area contributed by atoms with E-state index >= 15 is 0 Å². The summed E-state index contributed by atoms with van der Waals surface area (Å²) < 4.78 is 35.0. The summed E-state index contributed by atoms with van der Waals surface area (Å²) in [7, 11) is -4.50. The smallest absolute Gasteiger partial charge is 0.362 e. The van der Waals surface area contributed by atoms with Gasteiger partial charge in [0.15, 0.2) is 0 Å². The average molecular weight is 334 g/mol. The van der Waals surface area contributed by atoms with Crippen LogP contribution >= 0.6 is 0 Å². The molecule has 2 saturated carbocycles. The van der Waals surface area contributed by atoms with Gasteiger partial charge in [-0.15, -0.1) is 0 Å². The van der Waals surface area contributed by atoms with Gasteiger partial charge < -0.3 is 4.18 Å². The molecule has 6 heteroatoms. The highest BCUT2D eigenvalue weighted by Gasteiger charge is 2.43. The van der Waals surface area contributed by atoms with Crippen LogP contribution in [0.4, 0.5) is 0 Å². The Hall–Kier alpha value is -1.66. The Morgan fingerprint density at radius 1 is 1.13 bits per heavy atom. The lowest BCUT2D eigenvalue weighted by atomic mass is 9.66. The largest absolute Gasteiger partial charge is 0.446 e. The Bertz CT molecular complexity index is 808. The quantitative estimate of drug-likeness (QED) is 0.664. The number of Topliss-reactive ketones (excluding diaryl/α,β-unsaturated/α-hetero) is 1. The fourth-order valence-corrected chi connectivity index (χ4v) is 4.92. The molecule has 122 valence electrons. The molecular weight excluding hydrogens is 316 g/mol. The van der Waals surface area contributed by atoms with Crippen molar-refractivity contribution in [2.24, 2.45) is 11.8 Å². The summed E-state index contributed by atoms with van der Waals surface area (Å²) in [6, 6.07) is 5.16. The Kier molecular flexibility index (Phi) is 3.35. The maximum absolute atomic E-state index is 12.0. The van der Waals surface area contributed by atoms with Gasteiger partial charge in [-0.05, 0) is 54.9 Å². The van der Waals surface area contributed by atoms with Gasteiger partial charge in [-0.25, -0.2) is 0 Å².